The van der Waals surface area contributed by atoms with Crippen LogP contribution < -0.4 is 4.74 Å². The number of rotatable bonds is 6. The Bertz CT molecular complexity index is 381. The van der Waals surface area contributed by atoms with E-state index in [1.165, 1.54) is 0 Å². The predicted molar refractivity (Wildman–Crippen MR) is 60.9 cm³/mol. The fourth-order valence-corrected chi connectivity index (χ4v) is 1.50. The molecule has 0 spiro atoms. The minimum Gasteiger partial charge on any atom is -0.488 e. The van der Waals surface area contributed by atoms with Crippen molar-refractivity contribution in [1.82, 2.24) is 0 Å². The Kier molecular flexibility index (Phi) is 5.27. The zero-order chi connectivity index (χ0) is 12.8. The lowest BCUT2D eigenvalue weighted by Gasteiger charge is -2.13. The van der Waals surface area contributed by atoms with Crippen molar-refractivity contribution in [2.75, 3.05) is 13.2 Å². The largest absolute Gasteiger partial charge is 0.488 e. The SMILES string of the molecule is O=[N+]([O-])OCC(O)COc1c(Cl)cccc1Cl. The van der Waals surface area contributed by atoms with E-state index in [1.807, 2.05) is 0 Å². The number of hydrogen-bond donors (Lipinski definition) is 1. The van der Waals surface area contributed by atoms with Crippen LogP contribution in [0.3, 0.4) is 0 Å². The van der Waals surface area contributed by atoms with E-state index in [2.05, 4.69) is 4.84 Å². The van der Waals surface area contributed by atoms with Gasteiger partial charge in [-0.3, -0.25) is 0 Å². The first-order chi connectivity index (χ1) is 8.00. The number of aliphatic hydroxyl groups excluding tert-OH is 1. The highest BCUT2D eigenvalue weighted by Crippen LogP contribution is 2.32. The molecule has 0 fully saturated rings. The Balaban J connectivity index is 2.47. The van der Waals surface area contributed by atoms with Gasteiger partial charge in [-0.05, 0) is 12.1 Å². The van der Waals surface area contributed by atoms with Gasteiger partial charge in [-0.15, -0.1) is 10.1 Å². The van der Waals surface area contributed by atoms with Gasteiger partial charge in [-0.2, -0.15) is 0 Å². The van der Waals surface area contributed by atoms with Gasteiger partial charge in [0.15, 0.2) is 5.75 Å². The van der Waals surface area contributed by atoms with Crippen molar-refractivity contribution in [2.45, 2.75) is 6.10 Å². The van der Waals surface area contributed by atoms with Crippen molar-refractivity contribution in [2.24, 2.45) is 0 Å². The molecule has 6 nitrogen and oxygen atoms in total. The molecule has 8 heteroatoms. The molecule has 0 radical (unpaired) electrons. The highest BCUT2D eigenvalue weighted by Gasteiger charge is 2.11. The second kappa shape index (κ2) is 6.48. The molecule has 0 amide bonds. The zero-order valence-electron chi connectivity index (χ0n) is 8.51. The summed E-state index contributed by atoms with van der Waals surface area (Å²) < 4.78 is 5.15. The summed E-state index contributed by atoms with van der Waals surface area (Å²) in [5.74, 6) is 0.219. The van der Waals surface area contributed by atoms with Crippen LogP contribution >= 0.6 is 23.2 Å². The van der Waals surface area contributed by atoms with Crippen LogP contribution in [0.4, 0.5) is 0 Å². The summed E-state index contributed by atoms with van der Waals surface area (Å²) in [7, 11) is 0. The molecule has 1 rings (SSSR count). The molecule has 0 aliphatic rings. The molecule has 0 saturated carbocycles. The molecule has 0 aliphatic heterocycles. The summed E-state index contributed by atoms with van der Waals surface area (Å²) in [6.45, 7) is -0.688. The molecular weight excluding hydrogens is 273 g/mol. The van der Waals surface area contributed by atoms with E-state index >= 15 is 0 Å². The summed E-state index contributed by atoms with van der Waals surface area (Å²) in [6, 6.07) is 4.79. The Labute approximate surface area is 107 Å². The van der Waals surface area contributed by atoms with E-state index in [0.29, 0.717) is 10.0 Å². The molecule has 1 atom stereocenters. The molecule has 0 saturated heterocycles. The Hall–Kier alpha value is -1.24. The second-order valence-corrected chi connectivity index (χ2v) is 3.85. The number of halogens is 2. The minimum absolute atomic E-state index is 0.211. The lowest BCUT2D eigenvalue weighted by molar-refractivity contribution is -0.759. The highest BCUT2D eigenvalue weighted by atomic mass is 35.5. The molecule has 94 valence electrons. The van der Waals surface area contributed by atoms with Crippen LogP contribution in [0.25, 0.3) is 0 Å². The standard InChI is InChI=1S/C9H9Cl2NO5/c10-7-2-1-3-8(11)9(7)16-4-6(13)5-17-12(14)15/h1-3,6,13H,4-5H2. The Morgan fingerprint density at radius 2 is 1.94 bits per heavy atom. The lowest BCUT2D eigenvalue weighted by Crippen LogP contribution is -2.25. The van der Waals surface area contributed by atoms with Gasteiger partial charge in [0.05, 0.1) is 10.0 Å². The second-order valence-electron chi connectivity index (χ2n) is 3.03. The fourth-order valence-electron chi connectivity index (χ4n) is 0.995. The third-order valence-electron chi connectivity index (χ3n) is 1.71. The quantitative estimate of drug-likeness (QED) is 0.637. The first-order valence-corrected chi connectivity index (χ1v) is 5.28. The smallest absolute Gasteiger partial charge is 0.294 e. The van der Waals surface area contributed by atoms with E-state index in [4.69, 9.17) is 27.9 Å². The van der Waals surface area contributed by atoms with Gasteiger partial charge < -0.3 is 14.7 Å². The van der Waals surface area contributed by atoms with Crippen LogP contribution in [0.15, 0.2) is 18.2 Å². The number of benzene rings is 1. The van der Waals surface area contributed by atoms with Crippen LogP contribution in [0.5, 0.6) is 5.75 Å². The van der Waals surface area contributed by atoms with E-state index in [1.54, 1.807) is 18.2 Å². The Morgan fingerprint density at radius 1 is 1.35 bits per heavy atom. The number of para-hydroxylation sites is 1. The van der Waals surface area contributed by atoms with Gasteiger partial charge in [0.1, 0.15) is 19.3 Å². The molecule has 0 aromatic heterocycles. The topological polar surface area (TPSA) is 81.8 Å². The van der Waals surface area contributed by atoms with Crippen molar-refractivity contribution in [3.8, 4) is 5.75 Å². The van der Waals surface area contributed by atoms with Crippen LogP contribution in [-0.4, -0.2) is 29.5 Å². The van der Waals surface area contributed by atoms with E-state index in [-0.39, 0.29) is 12.4 Å². The molecule has 1 aromatic carbocycles. The van der Waals surface area contributed by atoms with Gasteiger partial charge >= 0.3 is 0 Å². The number of ether oxygens (including phenoxy) is 1. The third kappa shape index (κ3) is 4.64. The van der Waals surface area contributed by atoms with E-state index in [9.17, 15) is 15.2 Å². The van der Waals surface area contributed by atoms with Crippen molar-refractivity contribution in [3.63, 3.8) is 0 Å². The monoisotopic (exact) mass is 281 g/mol. The molecular formula is C9H9Cl2NO5. The maximum Gasteiger partial charge on any atom is 0.294 e. The molecule has 0 bridgehead atoms. The van der Waals surface area contributed by atoms with E-state index < -0.39 is 17.8 Å². The van der Waals surface area contributed by atoms with E-state index in [0.717, 1.165) is 0 Å². The normalized spacial score (nSPS) is 11.9. The molecule has 0 aliphatic carbocycles. The molecule has 1 aromatic rings. The zero-order valence-corrected chi connectivity index (χ0v) is 10.0. The molecule has 1 unspecified atom stereocenters. The van der Waals surface area contributed by atoms with Crippen LogP contribution in [0, 0.1) is 10.1 Å². The van der Waals surface area contributed by atoms with Gasteiger partial charge in [0.25, 0.3) is 5.09 Å². The predicted octanol–water partition coefficient (Wildman–Crippen LogP) is 1.94. The summed E-state index contributed by atoms with van der Waals surface area (Å²) in [6.07, 6.45) is -1.15. The average Bonchev–Trinajstić information content (AvgIpc) is 2.25. The maximum absolute atomic E-state index is 9.88. The average molecular weight is 282 g/mol. The Morgan fingerprint density at radius 3 is 2.47 bits per heavy atom. The lowest BCUT2D eigenvalue weighted by atomic mass is 10.3. The van der Waals surface area contributed by atoms with Crippen molar-refractivity contribution in [1.29, 1.82) is 0 Å². The number of nitrogens with zero attached hydrogens (tertiary/aromatic N) is 1. The minimum atomic E-state index is -1.15. The molecule has 17 heavy (non-hydrogen) atoms. The van der Waals surface area contributed by atoms with Crippen molar-refractivity contribution in [3.05, 3.63) is 38.4 Å². The van der Waals surface area contributed by atoms with Gasteiger partial charge in [0.2, 0.25) is 0 Å². The third-order valence-corrected chi connectivity index (χ3v) is 2.31. The summed E-state index contributed by atoms with van der Waals surface area (Å²) in [5, 5.41) is 18.8. The van der Waals surface area contributed by atoms with Crippen molar-refractivity contribution < 1.29 is 19.8 Å². The number of aliphatic hydroxyl groups is 1. The van der Waals surface area contributed by atoms with Gasteiger partial charge in [-0.1, -0.05) is 29.3 Å². The highest BCUT2D eigenvalue weighted by molar-refractivity contribution is 6.37. The molecule has 1 N–H and O–H groups in total. The van der Waals surface area contributed by atoms with Gasteiger partial charge in [-0.25, -0.2) is 0 Å². The first kappa shape index (κ1) is 13.8. The van der Waals surface area contributed by atoms with Gasteiger partial charge in [0, 0.05) is 0 Å². The summed E-state index contributed by atoms with van der Waals surface area (Å²) >= 11 is 11.6. The molecule has 0 heterocycles. The van der Waals surface area contributed by atoms with Crippen LogP contribution in [-0.2, 0) is 4.84 Å². The summed E-state index contributed by atoms with van der Waals surface area (Å²) in [4.78, 5) is 13.9. The summed E-state index contributed by atoms with van der Waals surface area (Å²) in [5.41, 5.74) is 0. The van der Waals surface area contributed by atoms with Crippen molar-refractivity contribution >= 4 is 23.2 Å². The maximum atomic E-state index is 9.88. The van der Waals surface area contributed by atoms with Crippen LogP contribution in [0.1, 0.15) is 0 Å². The first-order valence-electron chi connectivity index (χ1n) is 4.53. The number of hydrogen-bond acceptors (Lipinski definition) is 5. The fraction of sp³-hybridized carbons (Fsp3) is 0.333. The van der Waals surface area contributed by atoms with Crippen LogP contribution in [0.2, 0.25) is 10.0 Å².